The molecule has 0 radical (unpaired) electrons. The van der Waals surface area contributed by atoms with Crippen molar-refractivity contribution < 1.29 is 17.9 Å². The average Bonchev–Trinajstić information content (AvgIpc) is 2.71. The summed E-state index contributed by atoms with van der Waals surface area (Å²) in [5.41, 5.74) is 0. The maximum absolute atomic E-state index is 11.7. The van der Waals surface area contributed by atoms with E-state index >= 15 is 0 Å². The zero-order chi connectivity index (χ0) is 21.1. The third kappa shape index (κ3) is 8.78. The molecule has 0 amide bonds. The van der Waals surface area contributed by atoms with Gasteiger partial charge in [-0.2, -0.15) is 0 Å². The van der Waals surface area contributed by atoms with Crippen molar-refractivity contribution in [1.82, 2.24) is 14.5 Å². The molecule has 0 aromatic heterocycles. The second-order valence-electron chi connectivity index (χ2n) is 7.85. The van der Waals surface area contributed by atoms with Crippen molar-refractivity contribution in [1.29, 1.82) is 0 Å². The fourth-order valence-electron chi connectivity index (χ4n) is 3.83. The molecule has 8 nitrogen and oxygen atoms in total. The molecular weight excluding hydrogens is 392 g/mol. The molecule has 29 heavy (non-hydrogen) atoms. The van der Waals surface area contributed by atoms with E-state index in [1.54, 1.807) is 0 Å². The summed E-state index contributed by atoms with van der Waals surface area (Å²) in [6.45, 7) is 9.81. The molecule has 2 rings (SSSR count). The van der Waals surface area contributed by atoms with Gasteiger partial charge in [-0.15, -0.1) is 0 Å². The van der Waals surface area contributed by atoms with Crippen LogP contribution in [0.2, 0.25) is 0 Å². The molecule has 9 heteroatoms. The van der Waals surface area contributed by atoms with Crippen molar-refractivity contribution in [3.05, 3.63) is 0 Å². The molecule has 0 spiro atoms. The molecule has 2 saturated heterocycles. The molecular formula is C20H40N4O4S. The number of rotatable bonds is 10. The predicted octanol–water partition coefficient (Wildman–Crippen LogP) is 1.67. The lowest BCUT2D eigenvalue weighted by Crippen LogP contribution is -2.47. The molecule has 0 saturated carbocycles. The third-order valence-electron chi connectivity index (χ3n) is 5.52. The lowest BCUT2D eigenvalue weighted by molar-refractivity contribution is -0.0721. The number of hydrogen-bond donors (Lipinski definition) is 1. The first-order chi connectivity index (χ1) is 13.9. The Morgan fingerprint density at radius 2 is 2.00 bits per heavy atom. The largest absolute Gasteiger partial charge is 0.376 e. The Morgan fingerprint density at radius 3 is 2.59 bits per heavy atom. The number of aliphatic imine (C=N–C) groups is 1. The molecule has 0 aromatic carbocycles. The second kappa shape index (κ2) is 12.7. The lowest BCUT2D eigenvalue weighted by atomic mass is 10.1. The summed E-state index contributed by atoms with van der Waals surface area (Å²) in [6.07, 6.45) is 8.08. The van der Waals surface area contributed by atoms with Gasteiger partial charge in [-0.05, 0) is 45.4 Å². The highest BCUT2D eigenvalue weighted by molar-refractivity contribution is 7.88. The van der Waals surface area contributed by atoms with E-state index in [4.69, 9.17) is 14.5 Å². The van der Waals surface area contributed by atoms with Crippen LogP contribution in [0.15, 0.2) is 4.99 Å². The molecule has 1 N–H and O–H groups in total. The van der Waals surface area contributed by atoms with Crippen molar-refractivity contribution in [3.63, 3.8) is 0 Å². The fraction of sp³-hybridized carbons (Fsp3) is 0.950. The molecule has 0 bridgehead atoms. The molecule has 0 aromatic rings. The van der Waals surface area contributed by atoms with Crippen LogP contribution >= 0.6 is 0 Å². The molecule has 2 heterocycles. The van der Waals surface area contributed by atoms with Gasteiger partial charge in [-0.1, -0.05) is 6.92 Å². The van der Waals surface area contributed by atoms with Gasteiger partial charge in [-0.3, -0.25) is 4.99 Å². The Morgan fingerprint density at radius 1 is 1.24 bits per heavy atom. The molecule has 2 aliphatic rings. The Labute approximate surface area is 177 Å². The number of ether oxygens (including phenoxy) is 2. The molecule has 2 aliphatic heterocycles. The minimum atomic E-state index is -3.13. The Bertz CT molecular complexity index is 585. The maximum Gasteiger partial charge on any atom is 0.211 e. The van der Waals surface area contributed by atoms with Crippen LogP contribution in [0.3, 0.4) is 0 Å². The normalized spacial score (nSPS) is 22.3. The van der Waals surface area contributed by atoms with Gasteiger partial charge in [0.2, 0.25) is 10.0 Å². The van der Waals surface area contributed by atoms with Crippen molar-refractivity contribution in [2.24, 2.45) is 4.99 Å². The van der Waals surface area contributed by atoms with Crippen LogP contribution in [0.1, 0.15) is 52.4 Å². The first-order valence-corrected chi connectivity index (χ1v) is 13.0. The van der Waals surface area contributed by atoms with E-state index in [0.717, 1.165) is 57.9 Å². The third-order valence-corrected chi connectivity index (χ3v) is 6.90. The zero-order valence-corrected chi connectivity index (χ0v) is 19.3. The first kappa shape index (κ1) is 24.4. The van der Waals surface area contributed by atoms with Crippen LogP contribution in [0.4, 0.5) is 0 Å². The van der Waals surface area contributed by atoms with E-state index < -0.39 is 10.0 Å². The van der Waals surface area contributed by atoms with E-state index in [-0.39, 0.29) is 6.10 Å². The highest BCUT2D eigenvalue weighted by Crippen LogP contribution is 2.18. The number of nitrogens with zero attached hydrogens (tertiary/aromatic N) is 3. The van der Waals surface area contributed by atoms with Crippen LogP contribution in [-0.2, 0) is 19.5 Å². The van der Waals surface area contributed by atoms with Crippen LogP contribution in [0, 0.1) is 0 Å². The summed E-state index contributed by atoms with van der Waals surface area (Å²) in [6, 6.07) is 0. The topological polar surface area (TPSA) is 83.5 Å². The van der Waals surface area contributed by atoms with E-state index in [9.17, 15) is 8.42 Å². The smallest absolute Gasteiger partial charge is 0.211 e. The highest BCUT2D eigenvalue weighted by Gasteiger charge is 2.23. The molecule has 2 fully saturated rings. The summed E-state index contributed by atoms with van der Waals surface area (Å²) in [7, 11) is -3.13. The van der Waals surface area contributed by atoms with E-state index in [0.29, 0.717) is 32.3 Å². The van der Waals surface area contributed by atoms with Crippen LogP contribution in [0.25, 0.3) is 0 Å². The standard InChI is InChI=1S/C20H40N4O4S/c1-4-21-20(22-12-8-13-24(5-2)29(3,25)26)23-14-10-18(11-15-23)28-17-19-9-6-7-16-27-19/h18-19H,4-17H2,1-3H3,(H,21,22). The van der Waals surface area contributed by atoms with E-state index in [1.165, 1.54) is 23.4 Å². The fourth-order valence-corrected chi connectivity index (χ4v) is 4.76. The zero-order valence-electron chi connectivity index (χ0n) is 18.4. The first-order valence-electron chi connectivity index (χ1n) is 11.2. The summed E-state index contributed by atoms with van der Waals surface area (Å²) in [5.74, 6) is 0.920. The van der Waals surface area contributed by atoms with Crippen LogP contribution < -0.4 is 5.32 Å². The SMILES string of the molecule is CCNC(=NCCCN(CC)S(C)(=O)=O)N1CCC(OCC2CCCCO2)CC1. The maximum atomic E-state index is 11.7. The van der Waals surface area contributed by atoms with Gasteiger partial charge in [0.25, 0.3) is 0 Å². The molecule has 0 aliphatic carbocycles. The van der Waals surface area contributed by atoms with Crippen LogP contribution in [0.5, 0.6) is 0 Å². The molecule has 1 unspecified atom stereocenters. The number of likely N-dealkylation sites (tertiary alicyclic amines) is 1. The monoisotopic (exact) mass is 432 g/mol. The predicted molar refractivity (Wildman–Crippen MR) is 117 cm³/mol. The molecule has 1 atom stereocenters. The Kier molecular flexibility index (Phi) is 10.7. The Balaban J connectivity index is 1.73. The van der Waals surface area contributed by atoms with Gasteiger partial charge < -0.3 is 19.7 Å². The van der Waals surface area contributed by atoms with Gasteiger partial charge in [-0.25, -0.2) is 12.7 Å². The summed E-state index contributed by atoms with van der Waals surface area (Å²) >= 11 is 0. The number of guanidine groups is 1. The Hall–Kier alpha value is -0.900. The van der Waals surface area contributed by atoms with E-state index in [1.807, 2.05) is 6.92 Å². The number of hydrogen-bond acceptors (Lipinski definition) is 5. The number of sulfonamides is 1. The van der Waals surface area contributed by atoms with Crippen LogP contribution in [-0.4, -0.2) is 94.5 Å². The van der Waals surface area contributed by atoms with Crippen molar-refractivity contribution in [2.45, 2.75) is 64.6 Å². The highest BCUT2D eigenvalue weighted by atomic mass is 32.2. The lowest BCUT2D eigenvalue weighted by Gasteiger charge is -2.35. The van der Waals surface area contributed by atoms with Crippen molar-refractivity contribution in [2.75, 3.05) is 58.7 Å². The quantitative estimate of drug-likeness (QED) is 0.321. The van der Waals surface area contributed by atoms with Gasteiger partial charge in [0, 0.05) is 45.9 Å². The van der Waals surface area contributed by atoms with Crippen molar-refractivity contribution in [3.8, 4) is 0 Å². The second-order valence-corrected chi connectivity index (χ2v) is 9.83. The van der Waals surface area contributed by atoms with Gasteiger partial charge in [0.15, 0.2) is 5.96 Å². The average molecular weight is 433 g/mol. The van der Waals surface area contributed by atoms with Gasteiger partial charge >= 0.3 is 0 Å². The summed E-state index contributed by atoms with van der Waals surface area (Å²) < 4.78 is 36.7. The summed E-state index contributed by atoms with van der Waals surface area (Å²) in [4.78, 5) is 7.01. The van der Waals surface area contributed by atoms with E-state index in [2.05, 4.69) is 17.1 Å². The van der Waals surface area contributed by atoms with Crippen molar-refractivity contribution >= 4 is 16.0 Å². The van der Waals surface area contributed by atoms with Gasteiger partial charge in [0.1, 0.15) is 0 Å². The molecule has 170 valence electrons. The summed E-state index contributed by atoms with van der Waals surface area (Å²) in [5, 5.41) is 3.37. The minimum absolute atomic E-state index is 0.273. The van der Waals surface area contributed by atoms with Gasteiger partial charge in [0.05, 0.1) is 25.1 Å². The number of nitrogens with one attached hydrogen (secondary N) is 1. The minimum Gasteiger partial charge on any atom is -0.376 e. The number of piperidine rings is 1.